The van der Waals surface area contributed by atoms with Crippen molar-refractivity contribution in [3.8, 4) is 0 Å². The smallest absolute Gasteiger partial charge is 0.251 e. The van der Waals surface area contributed by atoms with Gasteiger partial charge in [-0.3, -0.25) is 9.59 Å². The number of carbonyl (C=O) groups excluding carboxylic acids is 2. The second kappa shape index (κ2) is 7.04. The van der Waals surface area contributed by atoms with Crippen LogP contribution in [0.25, 0.3) is 0 Å². The average Bonchev–Trinajstić information content (AvgIpc) is 2.49. The Balaban J connectivity index is 2.12. The lowest BCUT2D eigenvalue weighted by Gasteiger charge is -2.16. The van der Waals surface area contributed by atoms with Crippen molar-refractivity contribution >= 4 is 23.4 Å². The molecule has 22 heavy (non-hydrogen) atoms. The lowest BCUT2D eigenvalue weighted by atomic mass is 10.0. The molecule has 0 aliphatic rings. The molecule has 0 radical (unpaired) electrons. The van der Waals surface area contributed by atoms with E-state index in [2.05, 4.69) is 5.32 Å². The summed E-state index contributed by atoms with van der Waals surface area (Å²) in [7, 11) is 0. The number of nitrogens with one attached hydrogen (secondary N) is 1. The molecular weight excluding hydrogens is 307 g/mol. The van der Waals surface area contributed by atoms with Gasteiger partial charge in [0.2, 0.25) is 5.91 Å². The zero-order valence-electron chi connectivity index (χ0n) is 11.6. The first-order chi connectivity index (χ1) is 10.5. The molecule has 0 spiro atoms. The summed E-state index contributed by atoms with van der Waals surface area (Å²) in [5, 5.41) is 3.00. The van der Waals surface area contributed by atoms with E-state index < -0.39 is 23.7 Å². The van der Waals surface area contributed by atoms with Crippen molar-refractivity contribution in [3.63, 3.8) is 0 Å². The van der Waals surface area contributed by atoms with E-state index in [0.717, 1.165) is 0 Å². The van der Waals surface area contributed by atoms with Gasteiger partial charge in [-0.15, -0.1) is 0 Å². The molecule has 0 aliphatic heterocycles. The fourth-order valence-electron chi connectivity index (χ4n) is 1.95. The zero-order valence-corrected chi connectivity index (χ0v) is 12.3. The molecule has 0 fully saturated rings. The van der Waals surface area contributed by atoms with Crippen molar-refractivity contribution in [2.45, 2.75) is 12.5 Å². The minimum absolute atomic E-state index is 0.0126. The van der Waals surface area contributed by atoms with E-state index in [9.17, 15) is 14.0 Å². The minimum Gasteiger partial charge on any atom is -0.368 e. The van der Waals surface area contributed by atoms with Crippen LogP contribution in [0.3, 0.4) is 0 Å². The van der Waals surface area contributed by atoms with Crippen molar-refractivity contribution in [3.05, 3.63) is 70.5 Å². The maximum absolute atomic E-state index is 13.6. The Morgan fingerprint density at radius 3 is 2.36 bits per heavy atom. The number of hydrogen-bond donors (Lipinski definition) is 2. The van der Waals surface area contributed by atoms with Crippen LogP contribution in [0.5, 0.6) is 0 Å². The molecular formula is C16H14ClFN2O2. The first-order valence-corrected chi connectivity index (χ1v) is 6.94. The van der Waals surface area contributed by atoms with Gasteiger partial charge >= 0.3 is 0 Å². The van der Waals surface area contributed by atoms with Gasteiger partial charge in [-0.2, -0.15) is 0 Å². The van der Waals surface area contributed by atoms with E-state index in [1.54, 1.807) is 30.3 Å². The first-order valence-electron chi connectivity index (χ1n) is 6.56. The van der Waals surface area contributed by atoms with Crippen molar-refractivity contribution in [1.82, 2.24) is 5.32 Å². The molecule has 1 atom stereocenters. The molecule has 0 aromatic heterocycles. The molecule has 0 unspecified atom stereocenters. The third kappa shape index (κ3) is 4.05. The fourth-order valence-corrected chi connectivity index (χ4v) is 2.08. The monoisotopic (exact) mass is 320 g/mol. The standard InChI is InChI=1S/C16H14ClFN2O2/c17-12-7-5-10(6-8-12)16(22)20-14(15(19)21)9-11-3-1-2-4-13(11)18/h1-8,14H,9H2,(H2,19,21)(H,20,22)/t14-/m0/s1. The summed E-state index contributed by atoms with van der Waals surface area (Å²) < 4.78 is 13.6. The highest BCUT2D eigenvalue weighted by atomic mass is 35.5. The van der Waals surface area contributed by atoms with Crippen LogP contribution < -0.4 is 11.1 Å². The molecule has 2 rings (SSSR count). The highest BCUT2D eigenvalue weighted by Gasteiger charge is 2.20. The van der Waals surface area contributed by atoms with Gasteiger partial charge in [-0.1, -0.05) is 29.8 Å². The SMILES string of the molecule is NC(=O)[C@H](Cc1ccccc1F)NC(=O)c1ccc(Cl)cc1. The van der Waals surface area contributed by atoms with Crippen LogP contribution in [0.15, 0.2) is 48.5 Å². The first kappa shape index (κ1) is 16.0. The molecule has 6 heteroatoms. The van der Waals surface area contributed by atoms with E-state index in [1.807, 2.05) is 0 Å². The van der Waals surface area contributed by atoms with Gasteiger partial charge in [0.15, 0.2) is 0 Å². The summed E-state index contributed by atoms with van der Waals surface area (Å²) in [4.78, 5) is 23.6. The summed E-state index contributed by atoms with van der Waals surface area (Å²) in [5.74, 6) is -1.66. The third-order valence-electron chi connectivity index (χ3n) is 3.14. The van der Waals surface area contributed by atoms with E-state index in [0.29, 0.717) is 16.1 Å². The van der Waals surface area contributed by atoms with Crippen LogP contribution >= 0.6 is 11.6 Å². The topological polar surface area (TPSA) is 72.2 Å². The van der Waals surface area contributed by atoms with Crippen LogP contribution in [-0.2, 0) is 11.2 Å². The molecule has 0 aliphatic carbocycles. The summed E-state index contributed by atoms with van der Waals surface area (Å²) in [6.07, 6.45) is -0.0126. The zero-order chi connectivity index (χ0) is 16.1. The number of halogens is 2. The van der Waals surface area contributed by atoms with Crippen LogP contribution in [-0.4, -0.2) is 17.9 Å². The Labute approximate surface area is 132 Å². The molecule has 114 valence electrons. The number of amides is 2. The third-order valence-corrected chi connectivity index (χ3v) is 3.39. The summed E-state index contributed by atoms with van der Waals surface area (Å²) in [6.45, 7) is 0. The number of primary amides is 1. The lowest BCUT2D eigenvalue weighted by molar-refractivity contribution is -0.119. The minimum atomic E-state index is -1.000. The fraction of sp³-hybridized carbons (Fsp3) is 0.125. The Bertz CT molecular complexity index is 689. The number of rotatable bonds is 5. The summed E-state index contributed by atoms with van der Waals surface area (Å²) in [5.41, 5.74) is 5.93. The largest absolute Gasteiger partial charge is 0.368 e. The molecule has 0 bridgehead atoms. The maximum atomic E-state index is 13.6. The van der Waals surface area contributed by atoms with Gasteiger partial charge in [0.25, 0.3) is 5.91 Å². The second-order valence-corrected chi connectivity index (χ2v) is 5.17. The molecule has 0 saturated heterocycles. The van der Waals surface area contributed by atoms with Gasteiger partial charge in [-0.25, -0.2) is 4.39 Å². The normalized spacial score (nSPS) is 11.7. The second-order valence-electron chi connectivity index (χ2n) is 4.73. The molecule has 2 amide bonds. The van der Waals surface area contributed by atoms with Crippen molar-refractivity contribution in [2.24, 2.45) is 5.73 Å². The number of carbonyl (C=O) groups is 2. The predicted octanol–water partition coefficient (Wildman–Crippen LogP) is 2.31. The quantitative estimate of drug-likeness (QED) is 0.887. The molecule has 0 saturated carbocycles. The molecule has 2 aromatic carbocycles. The highest BCUT2D eigenvalue weighted by molar-refractivity contribution is 6.30. The Morgan fingerprint density at radius 2 is 1.77 bits per heavy atom. The van der Waals surface area contributed by atoms with Gasteiger partial charge in [-0.05, 0) is 35.9 Å². The van der Waals surface area contributed by atoms with Gasteiger partial charge < -0.3 is 11.1 Å². The number of benzene rings is 2. The summed E-state index contributed by atoms with van der Waals surface area (Å²) in [6, 6.07) is 11.2. The van der Waals surface area contributed by atoms with E-state index >= 15 is 0 Å². The summed E-state index contributed by atoms with van der Waals surface area (Å²) >= 11 is 5.75. The molecule has 2 aromatic rings. The van der Waals surface area contributed by atoms with E-state index in [1.165, 1.54) is 18.2 Å². The van der Waals surface area contributed by atoms with Crippen molar-refractivity contribution in [2.75, 3.05) is 0 Å². The van der Waals surface area contributed by atoms with Gasteiger partial charge in [0.1, 0.15) is 11.9 Å². The van der Waals surface area contributed by atoms with E-state index in [-0.39, 0.29) is 6.42 Å². The predicted molar refractivity (Wildman–Crippen MR) is 82.0 cm³/mol. The van der Waals surface area contributed by atoms with Crippen LogP contribution in [0.2, 0.25) is 5.02 Å². The molecule has 4 nitrogen and oxygen atoms in total. The van der Waals surface area contributed by atoms with Crippen molar-refractivity contribution < 1.29 is 14.0 Å². The Kier molecular flexibility index (Phi) is 5.12. The van der Waals surface area contributed by atoms with E-state index in [4.69, 9.17) is 17.3 Å². The average molecular weight is 321 g/mol. The molecule has 3 N–H and O–H groups in total. The van der Waals surface area contributed by atoms with Crippen LogP contribution in [0.1, 0.15) is 15.9 Å². The highest BCUT2D eigenvalue weighted by Crippen LogP contribution is 2.12. The Hall–Kier alpha value is -2.40. The van der Waals surface area contributed by atoms with Gasteiger partial charge in [0, 0.05) is 17.0 Å². The van der Waals surface area contributed by atoms with Gasteiger partial charge in [0.05, 0.1) is 0 Å². The number of hydrogen-bond acceptors (Lipinski definition) is 2. The maximum Gasteiger partial charge on any atom is 0.251 e. The van der Waals surface area contributed by atoms with Crippen LogP contribution in [0, 0.1) is 5.82 Å². The van der Waals surface area contributed by atoms with Crippen LogP contribution in [0.4, 0.5) is 4.39 Å². The molecule has 0 heterocycles. The number of nitrogens with two attached hydrogens (primary N) is 1. The Morgan fingerprint density at radius 1 is 1.14 bits per heavy atom. The lowest BCUT2D eigenvalue weighted by Crippen LogP contribution is -2.46. The van der Waals surface area contributed by atoms with Crippen molar-refractivity contribution in [1.29, 1.82) is 0 Å².